The molecule has 7 nitrogen and oxygen atoms in total. The van der Waals surface area contributed by atoms with Gasteiger partial charge in [-0.15, -0.1) is 0 Å². The highest BCUT2D eigenvalue weighted by atomic mass is 16.5. The molecule has 1 aromatic carbocycles. The molecule has 0 atom stereocenters. The number of para-hydroxylation sites is 1. The molecule has 0 radical (unpaired) electrons. The summed E-state index contributed by atoms with van der Waals surface area (Å²) in [6.07, 6.45) is 1.07. The number of hydrogen-bond acceptors (Lipinski definition) is 6. The van der Waals surface area contributed by atoms with E-state index in [9.17, 15) is 4.79 Å². The summed E-state index contributed by atoms with van der Waals surface area (Å²) in [6.45, 7) is 6.22. The Balaban J connectivity index is 1.89. The maximum atomic E-state index is 12.2. The minimum absolute atomic E-state index is 0.152. The number of nitrogens with one attached hydrogen (secondary N) is 2. The number of carbonyl (C=O) groups excluding carboxylic acids is 1. The zero-order valence-corrected chi connectivity index (χ0v) is 13.5. The van der Waals surface area contributed by atoms with E-state index in [0.29, 0.717) is 29.6 Å². The topological polar surface area (TPSA) is 89.3 Å². The van der Waals surface area contributed by atoms with E-state index in [1.54, 1.807) is 25.1 Å². The van der Waals surface area contributed by atoms with Gasteiger partial charge in [0, 0.05) is 20.0 Å². The van der Waals surface area contributed by atoms with Gasteiger partial charge in [0.25, 0.3) is 5.91 Å². The molecule has 0 aliphatic rings. The lowest BCUT2D eigenvalue weighted by Gasteiger charge is -2.11. The van der Waals surface area contributed by atoms with Crippen LogP contribution in [0.5, 0.6) is 5.75 Å². The number of benzene rings is 1. The van der Waals surface area contributed by atoms with Gasteiger partial charge in [-0.25, -0.2) is 0 Å². The summed E-state index contributed by atoms with van der Waals surface area (Å²) in [5.74, 6) is 1.26. The summed E-state index contributed by atoms with van der Waals surface area (Å²) in [5.41, 5.74) is 0.489. The number of aromatic nitrogens is 2. The summed E-state index contributed by atoms with van der Waals surface area (Å²) in [7, 11) is 0. The minimum Gasteiger partial charge on any atom is -0.485 e. The van der Waals surface area contributed by atoms with E-state index in [0.717, 1.165) is 19.5 Å². The number of ether oxygens (including phenoxy) is 1. The van der Waals surface area contributed by atoms with Crippen LogP contribution < -0.4 is 15.4 Å². The molecule has 1 aromatic heterocycles. The molecule has 0 fully saturated rings. The van der Waals surface area contributed by atoms with Crippen molar-refractivity contribution in [2.45, 2.75) is 26.9 Å². The number of rotatable bonds is 9. The van der Waals surface area contributed by atoms with E-state index in [1.807, 2.05) is 6.07 Å². The summed E-state index contributed by atoms with van der Waals surface area (Å²) < 4.78 is 10.5. The van der Waals surface area contributed by atoms with Crippen molar-refractivity contribution in [1.29, 1.82) is 0 Å². The number of nitrogens with zero attached hydrogens (tertiary/aromatic N) is 2. The maximum absolute atomic E-state index is 12.2. The molecule has 124 valence electrons. The Morgan fingerprint density at radius 1 is 1.26 bits per heavy atom. The van der Waals surface area contributed by atoms with E-state index >= 15 is 0 Å². The Labute approximate surface area is 135 Å². The normalized spacial score (nSPS) is 10.5. The molecule has 0 aliphatic carbocycles. The van der Waals surface area contributed by atoms with Gasteiger partial charge in [0.2, 0.25) is 11.7 Å². The Morgan fingerprint density at radius 2 is 2.09 bits per heavy atom. The summed E-state index contributed by atoms with van der Waals surface area (Å²) in [6, 6.07) is 7.09. The van der Waals surface area contributed by atoms with Gasteiger partial charge in [0.1, 0.15) is 5.75 Å². The third-order valence-electron chi connectivity index (χ3n) is 3.07. The molecule has 0 bridgehead atoms. The van der Waals surface area contributed by atoms with E-state index < -0.39 is 0 Å². The molecule has 0 saturated heterocycles. The van der Waals surface area contributed by atoms with Crippen LogP contribution in [0.1, 0.15) is 35.4 Å². The largest absolute Gasteiger partial charge is 0.485 e. The minimum atomic E-state index is -0.164. The standard InChI is InChI=1S/C16H22N4O3/c1-3-8-17-9-10-18-16(21)13-6-4-5-7-14(13)22-11-15-19-12(2)23-20-15/h4-7,17H,3,8-11H2,1-2H3,(H,18,21). The van der Waals surface area contributed by atoms with Gasteiger partial charge in [-0.05, 0) is 25.1 Å². The van der Waals surface area contributed by atoms with Crippen LogP contribution >= 0.6 is 0 Å². The molecule has 0 aliphatic heterocycles. The highest BCUT2D eigenvalue weighted by Crippen LogP contribution is 2.18. The van der Waals surface area contributed by atoms with Crippen LogP contribution in [0.4, 0.5) is 0 Å². The predicted octanol–water partition coefficient (Wildman–Crippen LogP) is 1.69. The molecule has 2 rings (SSSR count). The van der Waals surface area contributed by atoms with E-state index in [-0.39, 0.29) is 12.5 Å². The van der Waals surface area contributed by atoms with Crippen molar-refractivity contribution < 1.29 is 14.1 Å². The molecule has 0 unspecified atom stereocenters. The van der Waals surface area contributed by atoms with Gasteiger partial charge < -0.3 is 19.9 Å². The Morgan fingerprint density at radius 3 is 2.83 bits per heavy atom. The molecule has 7 heteroatoms. The SMILES string of the molecule is CCCNCCNC(=O)c1ccccc1OCc1noc(C)n1. The third-order valence-corrected chi connectivity index (χ3v) is 3.07. The Hall–Kier alpha value is -2.41. The molecule has 2 aromatic rings. The van der Waals surface area contributed by atoms with Gasteiger partial charge in [0.15, 0.2) is 6.61 Å². The lowest BCUT2D eigenvalue weighted by Crippen LogP contribution is -2.32. The molecule has 0 spiro atoms. The highest BCUT2D eigenvalue weighted by molar-refractivity contribution is 5.96. The monoisotopic (exact) mass is 318 g/mol. The van der Waals surface area contributed by atoms with Gasteiger partial charge in [-0.3, -0.25) is 4.79 Å². The first-order chi connectivity index (χ1) is 11.2. The van der Waals surface area contributed by atoms with Crippen LogP contribution in [0, 0.1) is 6.92 Å². The first kappa shape index (κ1) is 17.0. The van der Waals surface area contributed by atoms with Crippen molar-refractivity contribution in [2.24, 2.45) is 0 Å². The van der Waals surface area contributed by atoms with Crippen LogP contribution in [-0.4, -0.2) is 35.7 Å². The number of aryl methyl sites for hydroxylation is 1. The quantitative estimate of drug-likeness (QED) is 0.684. The smallest absolute Gasteiger partial charge is 0.255 e. The Bertz CT molecular complexity index is 627. The summed E-state index contributed by atoms with van der Waals surface area (Å²) >= 11 is 0. The number of carbonyl (C=O) groups is 1. The lowest BCUT2D eigenvalue weighted by atomic mass is 10.2. The first-order valence-electron chi connectivity index (χ1n) is 7.70. The fourth-order valence-electron chi connectivity index (χ4n) is 1.98. The average Bonchev–Trinajstić information content (AvgIpc) is 2.98. The maximum Gasteiger partial charge on any atom is 0.255 e. The zero-order chi connectivity index (χ0) is 16.5. The summed E-state index contributed by atoms with van der Waals surface area (Å²) in [4.78, 5) is 16.3. The van der Waals surface area contributed by atoms with Crippen LogP contribution in [0.2, 0.25) is 0 Å². The molecular formula is C16H22N4O3. The van der Waals surface area contributed by atoms with Gasteiger partial charge in [-0.1, -0.05) is 24.2 Å². The summed E-state index contributed by atoms with van der Waals surface area (Å²) in [5, 5.41) is 9.87. The molecular weight excluding hydrogens is 296 g/mol. The lowest BCUT2D eigenvalue weighted by molar-refractivity contribution is 0.0949. The van der Waals surface area contributed by atoms with Crippen molar-refractivity contribution >= 4 is 5.91 Å². The van der Waals surface area contributed by atoms with Crippen molar-refractivity contribution in [2.75, 3.05) is 19.6 Å². The third kappa shape index (κ3) is 5.37. The van der Waals surface area contributed by atoms with Crippen molar-refractivity contribution in [1.82, 2.24) is 20.8 Å². The zero-order valence-electron chi connectivity index (χ0n) is 13.5. The van der Waals surface area contributed by atoms with Crippen LogP contribution in [0.15, 0.2) is 28.8 Å². The predicted molar refractivity (Wildman–Crippen MR) is 85.3 cm³/mol. The van der Waals surface area contributed by atoms with Crippen LogP contribution in [0.25, 0.3) is 0 Å². The molecule has 2 N–H and O–H groups in total. The van der Waals surface area contributed by atoms with Crippen molar-refractivity contribution in [3.63, 3.8) is 0 Å². The molecule has 1 amide bonds. The van der Waals surface area contributed by atoms with E-state index in [4.69, 9.17) is 9.26 Å². The fraction of sp³-hybridized carbons (Fsp3) is 0.438. The Kier molecular flexibility index (Phi) is 6.56. The second kappa shape index (κ2) is 8.89. The molecule has 1 heterocycles. The fourth-order valence-corrected chi connectivity index (χ4v) is 1.98. The van der Waals surface area contributed by atoms with E-state index in [1.165, 1.54) is 0 Å². The molecule has 23 heavy (non-hydrogen) atoms. The van der Waals surface area contributed by atoms with Crippen molar-refractivity contribution in [3.05, 3.63) is 41.5 Å². The second-order valence-corrected chi connectivity index (χ2v) is 5.02. The van der Waals surface area contributed by atoms with Gasteiger partial charge in [0.05, 0.1) is 5.56 Å². The molecule has 0 saturated carbocycles. The van der Waals surface area contributed by atoms with E-state index in [2.05, 4.69) is 27.7 Å². The van der Waals surface area contributed by atoms with Crippen LogP contribution in [0.3, 0.4) is 0 Å². The van der Waals surface area contributed by atoms with Crippen LogP contribution in [-0.2, 0) is 6.61 Å². The number of amides is 1. The number of hydrogen-bond donors (Lipinski definition) is 2. The van der Waals surface area contributed by atoms with Crippen molar-refractivity contribution in [3.8, 4) is 5.75 Å². The highest BCUT2D eigenvalue weighted by Gasteiger charge is 2.12. The average molecular weight is 318 g/mol. The first-order valence-corrected chi connectivity index (χ1v) is 7.70. The van der Waals surface area contributed by atoms with Gasteiger partial charge in [-0.2, -0.15) is 4.98 Å². The second-order valence-electron chi connectivity index (χ2n) is 5.02. The van der Waals surface area contributed by atoms with Gasteiger partial charge >= 0.3 is 0 Å².